The summed E-state index contributed by atoms with van der Waals surface area (Å²) in [5.41, 5.74) is 2.22. The summed E-state index contributed by atoms with van der Waals surface area (Å²) >= 11 is 0. The molecule has 0 aliphatic carbocycles. The molecule has 0 radical (unpaired) electrons. The summed E-state index contributed by atoms with van der Waals surface area (Å²) in [5.74, 6) is -0.839. The number of hydrogen-bond donors (Lipinski definition) is 2. The van der Waals surface area contributed by atoms with Crippen LogP contribution in [0.2, 0.25) is 0 Å². The summed E-state index contributed by atoms with van der Waals surface area (Å²) < 4.78 is 0. The van der Waals surface area contributed by atoms with E-state index in [-0.39, 0.29) is 0 Å². The molecule has 0 fully saturated rings. The number of hydrogen-bond acceptors (Lipinski definition) is 2. The van der Waals surface area contributed by atoms with Gasteiger partial charge in [-0.15, -0.1) is 0 Å². The van der Waals surface area contributed by atoms with E-state index in [9.17, 15) is 4.79 Å². The van der Waals surface area contributed by atoms with Crippen LogP contribution in [0.1, 0.15) is 11.1 Å². The van der Waals surface area contributed by atoms with E-state index in [1.807, 2.05) is 30.3 Å². The van der Waals surface area contributed by atoms with Gasteiger partial charge in [0.2, 0.25) is 0 Å². The number of carboxylic acids is 1. The van der Waals surface area contributed by atoms with Crippen LogP contribution in [0, 0.1) is 0 Å². The molecule has 2 N–H and O–H groups in total. The van der Waals surface area contributed by atoms with E-state index in [1.165, 1.54) is 0 Å². The van der Waals surface area contributed by atoms with Crippen molar-refractivity contribution >= 4 is 12.0 Å². The van der Waals surface area contributed by atoms with Crippen molar-refractivity contribution in [3.63, 3.8) is 0 Å². The van der Waals surface area contributed by atoms with E-state index in [4.69, 9.17) is 5.11 Å². The molecule has 14 heavy (non-hydrogen) atoms. The van der Waals surface area contributed by atoms with Crippen LogP contribution < -0.4 is 5.32 Å². The van der Waals surface area contributed by atoms with Crippen LogP contribution in [0.15, 0.2) is 30.3 Å². The molecule has 1 heterocycles. The number of benzene rings is 1. The Bertz CT molecular complexity index is 385. The van der Waals surface area contributed by atoms with E-state index >= 15 is 0 Å². The van der Waals surface area contributed by atoms with Crippen molar-refractivity contribution in [2.24, 2.45) is 0 Å². The van der Waals surface area contributed by atoms with Crippen molar-refractivity contribution in [2.75, 3.05) is 0 Å². The van der Waals surface area contributed by atoms with Crippen molar-refractivity contribution < 1.29 is 9.90 Å². The van der Waals surface area contributed by atoms with Gasteiger partial charge in [0.05, 0.1) is 0 Å². The Morgan fingerprint density at radius 3 is 3.00 bits per heavy atom. The Kier molecular flexibility index (Phi) is 2.33. The van der Waals surface area contributed by atoms with Crippen LogP contribution in [0.25, 0.3) is 6.08 Å². The molecule has 1 aliphatic rings. The highest BCUT2D eigenvalue weighted by atomic mass is 16.4. The Morgan fingerprint density at radius 2 is 2.21 bits per heavy atom. The molecule has 1 unspecified atom stereocenters. The van der Waals surface area contributed by atoms with Gasteiger partial charge >= 0.3 is 5.97 Å². The lowest BCUT2D eigenvalue weighted by molar-refractivity contribution is -0.138. The molecule has 1 aromatic carbocycles. The standard InChI is InChI=1S/C11H11NO2/c13-11(14)10-6-5-8-3-1-2-4-9(8)7-12-10/h1-6,10,12H,7H2,(H,13,14). The van der Waals surface area contributed by atoms with Crippen LogP contribution in [-0.2, 0) is 11.3 Å². The summed E-state index contributed by atoms with van der Waals surface area (Å²) in [6.07, 6.45) is 3.53. The van der Waals surface area contributed by atoms with Gasteiger partial charge in [-0.1, -0.05) is 36.4 Å². The minimum Gasteiger partial charge on any atom is -0.480 e. The number of fused-ring (bicyclic) bond motifs is 1. The molecule has 1 atom stereocenters. The fourth-order valence-corrected chi connectivity index (χ4v) is 1.52. The van der Waals surface area contributed by atoms with Crippen LogP contribution >= 0.6 is 0 Å². The zero-order valence-corrected chi connectivity index (χ0v) is 7.60. The molecule has 1 aliphatic heterocycles. The predicted molar refractivity (Wildman–Crippen MR) is 53.7 cm³/mol. The third-order valence-electron chi connectivity index (χ3n) is 2.30. The van der Waals surface area contributed by atoms with Crippen molar-refractivity contribution in [3.05, 3.63) is 41.5 Å². The number of aliphatic carboxylic acids is 1. The molecule has 0 bridgehead atoms. The Morgan fingerprint density at radius 1 is 1.43 bits per heavy atom. The van der Waals surface area contributed by atoms with Gasteiger partial charge in [-0.3, -0.25) is 10.1 Å². The molecule has 2 rings (SSSR count). The number of nitrogens with one attached hydrogen (secondary N) is 1. The molecule has 0 aromatic heterocycles. The second-order valence-electron chi connectivity index (χ2n) is 3.25. The Hall–Kier alpha value is -1.61. The van der Waals surface area contributed by atoms with Gasteiger partial charge in [0.25, 0.3) is 0 Å². The van der Waals surface area contributed by atoms with Crippen molar-refractivity contribution in [1.82, 2.24) is 5.32 Å². The highest BCUT2D eigenvalue weighted by Gasteiger charge is 2.15. The molecular formula is C11H11NO2. The molecule has 0 spiro atoms. The summed E-state index contributed by atoms with van der Waals surface area (Å²) in [5, 5.41) is 11.8. The van der Waals surface area contributed by atoms with Crippen molar-refractivity contribution in [2.45, 2.75) is 12.6 Å². The number of carbonyl (C=O) groups is 1. The van der Waals surface area contributed by atoms with Crippen molar-refractivity contribution in [1.29, 1.82) is 0 Å². The highest BCUT2D eigenvalue weighted by Crippen LogP contribution is 2.14. The Balaban J connectivity index is 2.29. The van der Waals surface area contributed by atoms with Gasteiger partial charge in [0.15, 0.2) is 0 Å². The predicted octanol–water partition coefficient (Wildman–Crippen LogP) is 1.26. The lowest BCUT2D eigenvalue weighted by Gasteiger charge is -2.07. The quantitative estimate of drug-likeness (QED) is 0.699. The average Bonchev–Trinajstić information content (AvgIpc) is 2.39. The minimum absolute atomic E-state index is 0.581. The van der Waals surface area contributed by atoms with E-state index in [0.29, 0.717) is 6.54 Å². The van der Waals surface area contributed by atoms with E-state index in [1.54, 1.807) is 6.08 Å². The maximum atomic E-state index is 10.7. The number of rotatable bonds is 1. The topological polar surface area (TPSA) is 49.3 Å². The van der Waals surface area contributed by atoms with Crippen LogP contribution in [-0.4, -0.2) is 17.1 Å². The molecule has 0 saturated heterocycles. The molecule has 0 amide bonds. The third kappa shape index (κ3) is 1.67. The maximum Gasteiger partial charge on any atom is 0.324 e. The lowest BCUT2D eigenvalue weighted by Crippen LogP contribution is -2.33. The first-order valence-corrected chi connectivity index (χ1v) is 4.49. The van der Waals surface area contributed by atoms with E-state index < -0.39 is 12.0 Å². The van der Waals surface area contributed by atoms with Gasteiger partial charge < -0.3 is 5.11 Å². The smallest absolute Gasteiger partial charge is 0.324 e. The first-order chi connectivity index (χ1) is 6.77. The van der Waals surface area contributed by atoms with E-state index in [2.05, 4.69) is 5.32 Å². The normalized spacial score (nSPS) is 19.9. The zero-order valence-electron chi connectivity index (χ0n) is 7.60. The largest absolute Gasteiger partial charge is 0.480 e. The lowest BCUT2D eigenvalue weighted by atomic mass is 10.1. The van der Waals surface area contributed by atoms with Crippen molar-refractivity contribution in [3.8, 4) is 0 Å². The van der Waals surface area contributed by atoms with Gasteiger partial charge in [-0.2, -0.15) is 0 Å². The summed E-state index contributed by atoms with van der Waals surface area (Å²) in [6, 6.07) is 7.30. The van der Waals surface area contributed by atoms with Gasteiger partial charge in [-0.05, 0) is 11.1 Å². The highest BCUT2D eigenvalue weighted by molar-refractivity contribution is 5.78. The van der Waals surface area contributed by atoms with E-state index in [0.717, 1.165) is 11.1 Å². The monoisotopic (exact) mass is 189 g/mol. The minimum atomic E-state index is -0.839. The van der Waals surface area contributed by atoms with Crippen LogP contribution in [0.3, 0.4) is 0 Å². The maximum absolute atomic E-state index is 10.7. The molecule has 1 aromatic rings. The Labute approximate surface area is 82.1 Å². The summed E-state index contributed by atoms with van der Waals surface area (Å²) in [4.78, 5) is 10.7. The molecule has 3 heteroatoms. The molecule has 3 nitrogen and oxygen atoms in total. The molecule has 0 saturated carbocycles. The third-order valence-corrected chi connectivity index (χ3v) is 2.30. The van der Waals surface area contributed by atoms with Crippen LogP contribution in [0.5, 0.6) is 0 Å². The fraction of sp³-hybridized carbons (Fsp3) is 0.182. The fourth-order valence-electron chi connectivity index (χ4n) is 1.52. The van der Waals surface area contributed by atoms with Gasteiger partial charge in [0.1, 0.15) is 6.04 Å². The SMILES string of the molecule is O=C(O)C1C=Cc2ccccc2CN1. The molecule has 72 valence electrons. The van der Waals surface area contributed by atoms with Crippen LogP contribution in [0.4, 0.5) is 0 Å². The second kappa shape index (κ2) is 3.64. The van der Waals surface area contributed by atoms with Gasteiger partial charge in [-0.25, -0.2) is 0 Å². The average molecular weight is 189 g/mol. The molecular weight excluding hydrogens is 178 g/mol. The second-order valence-corrected chi connectivity index (χ2v) is 3.25. The zero-order chi connectivity index (χ0) is 9.97. The number of carboxylic acid groups (broad SMARTS) is 1. The first-order valence-electron chi connectivity index (χ1n) is 4.49. The van der Waals surface area contributed by atoms with Gasteiger partial charge in [0, 0.05) is 6.54 Å². The summed E-state index contributed by atoms with van der Waals surface area (Å²) in [7, 11) is 0. The summed E-state index contributed by atoms with van der Waals surface area (Å²) in [6.45, 7) is 0.597. The first kappa shape index (κ1) is 8.97.